The number of hydrogen-bond donors (Lipinski definition) is 2. The number of rotatable bonds is 4. The molecule has 1 fully saturated rings. The molecular formula is C16H22N6OS2. The fourth-order valence-electron chi connectivity index (χ4n) is 2.96. The van der Waals surface area contributed by atoms with Gasteiger partial charge in [0.05, 0.1) is 12.2 Å². The van der Waals surface area contributed by atoms with Crippen LogP contribution in [0.1, 0.15) is 0 Å². The fourth-order valence-corrected chi connectivity index (χ4v) is 3.44. The smallest absolute Gasteiger partial charge is 0.221 e. The van der Waals surface area contributed by atoms with Gasteiger partial charge in [0.2, 0.25) is 11.0 Å². The van der Waals surface area contributed by atoms with E-state index < -0.39 is 0 Å². The maximum atomic E-state index is 10.8. The number of benzene rings is 1. The second-order valence-corrected chi connectivity index (χ2v) is 7.38. The lowest BCUT2D eigenvalue weighted by molar-refractivity contribution is 0.123. The first-order valence-electron chi connectivity index (χ1n) is 8.01. The first kappa shape index (κ1) is 18.1. The van der Waals surface area contributed by atoms with Gasteiger partial charge in [0.15, 0.2) is 5.69 Å². The molecule has 0 aliphatic carbocycles. The van der Waals surface area contributed by atoms with E-state index in [4.69, 9.17) is 18.0 Å². The lowest BCUT2D eigenvalue weighted by atomic mass is 10.2. The van der Waals surface area contributed by atoms with Crippen LogP contribution in [0.2, 0.25) is 0 Å². The number of nitrogens with zero attached hydrogens (tertiary/aromatic N) is 5. The number of aromatic nitrogens is 1. The summed E-state index contributed by atoms with van der Waals surface area (Å²) in [6.07, 6.45) is 2.01. The number of aromatic hydroxyl groups is 1. The summed E-state index contributed by atoms with van der Waals surface area (Å²) in [6, 6.07) is 6.06. The van der Waals surface area contributed by atoms with Crippen molar-refractivity contribution in [2.75, 3.05) is 39.5 Å². The van der Waals surface area contributed by atoms with Gasteiger partial charge in [-0.15, -0.1) is 22.0 Å². The van der Waals surface area contributed by atoms with E-state index in [1.54, 1.807) is 11.8 Å². The van der Waals surface area contributed by atoms with Crippen molar-refractivity contribution in [2.24, 2.45) is 16.0 Å². The lowest BCUT2D eigenvalue weighted by Crippen LogP contribution is -2.44. The van der Waals surface area contributed by atoms with Gasteiger partial charge in [0.25, 0.3) is 0 Å². The number of hydrogen-bond acceptors (Lipinski definition) is 6. The van der Waals surface area contributed by atoms with Crippen molar-refractivity contribution in [3.8, 4) is 5.88 Å². The van der Waals surface area contributed by atoms with Gasteiger partial charge < -0.3 is 15.7 Å². The molecule has 0 spiro atoms. The van der Waals surface area contributed by atoms with Crippen LogP contribution in [0.4, 0.5) is 5.69 Å². The molecule has 1 aromatic heterocycles. The van der Waals surface area contributed by atoms with Gasteiger partial charge in [0.1, 0.15) is 0 Å². The normalized spacial score (nSPS) is 16.9. The number of azo groups is 1. The third kappa shape index (κ3) is 3.95. The number of fused-ring (bicyclic) bond motifs is 1. The maximum absolute atomic E-state index is 10.8. The van der Waals surface area contributed by atoms with Gasteiger partial charge in [-0.2, -0.15) is 0 Å². The van der Waals surface area contributed by atoms with E-state index in [1.165, 1.54) is 0 Å². The highest BCUT2D eigenvalue weighted by Crippen LogP contribution is 2.40. The zero-order valence-corrected chi connectivity index (χ0v) is 16.0. The number of piperazine rings is 1. The van der Waals surface area contributed by atoms with E-state index in [2.05, 4.69) is 27.1 Å². The molecule has 2 heterocycles. The minimum Gasteiger partial charge on any atom is -0.493 e. The van der Waals surface area contributed by atoms with E-state index in [0.29, 0.717) is 12.4 Å². The Morgan fingerprint density at radius 2 is 2.04 bits per heavy atom. The quantitative estimate of drug-likeness (QED) is 0.483. The van der Waals surface area contributed by atoms with Crippen LogP contribution in [-0.4, -0.2) is 64.1 Å². The molecule has 1 saturated heterocycles. The highest BCUT2D eigenvalue weighted by molar-refractivity contribution is 7.98. The van der Waals surface area contributed by atoms with Crippen LogP contribution in [-0.2, 0) is 6.67 Å². The lowest BCUT2D eigenvalue weighted by Gasteiger charge is -2.32. The van der Waals surface area contributed by atoms with Crippen LogP contribution >= 0.6 is 24.0 Å². The van der Waals surface area contributed by atoms with Crippen LogP contribution in [0.25, 0.3) is 10.9 Å². The molecular weight excluding hydrogens is 356 g/mol. The van der Waals surface area contributed by atoms with Crippen LogP contribution in [0.5, 0.6) is 5.88 Å². The summed E-state index contributed by atoms with van der Waals surface area (Å²) < 4.78 is 1.87. The van der Waals surface area contributed by atoms with E-state index in [9.17, 15) is 5.11 Å². The number of thioether (sulfide) groups is 1. The molecule has 1 aromatic carbocycles. The van der Waals surface area contributed by atoms with Crippen molar-refractivity contribution in [3.63, 3.8) is 0 Å². The molecule has 7 nitrogen and oxygen atoms in total. The molecule has 1 aliphatic heterocycles. The zero-order chi connectivity index (χ0) is 18.0. The Morgan fingerprint density at radius 1 is 1.32 bits per heavy atom. The molecule has 0 unspecified atom stereocenters. The Bertz CT molecular complexity index is 811. The molecule has 9 heteroatoms. The summed E-state index contributed by atoms with van der Waals surface area (Å²) in [6.45, 7) is 4.57. The fraction of sp³-hybridized carbons (Fsp3) is 0.438. The first-order valence-corrected chi connectivity index (χ1v) is 9.64. The molecule has 0 amide bonds. The van der Waals surface area contributed by atoms with Crippen molar-refractivity contribution in [3.05, 3.63) is 18.2 Å². The zero-order valence-electron chi connectivity index (χ0n) is 14.3. The number of likely N-dealkylation sites (N-methyl/N-ethyl adjacent to an activating group) is 1. The Balaban J connectivity index is 2.02. The maximum Gasteiger partial charge on any atom is 0.221 e. The van der Waals surface area contributed by atoms with Gasteiger partial charge in [-0.3, -0.25) is 9.47 Å². The minimum atomic E-state index is -0.0552. The highest BCUT2D eigenvalue weighted by atomic mass is 32.2. The predicted octanol–water partition coefficient (Wildman–Crippen LogP) is 2.60. The molecule has 2 aromatic rings. The molecule has 1 aliphatic rings. The van der Waals surface area contributed by atoms with E-state index in [1.807, 2.05) is 29.0 Å². The summed E-state index contributed by atoms with van der Waals surface area (Å²) in [5, 5.41) is 19.4. The van der Waals surface area contributed by atoms with Crippen LogP contribution in [0, 0.1) is 0 Å². The van der Waals surface area contributed by atoms with Crippen molar-refractivity contribution in [1.29, 1.82) is 0 Å². The second-order valence-electron chi connectivity index (χ2n) is 6.08. The summed E-state index contributed by atoms with van der Waals surface area (Å²) in [5.74, 6) is 0.0900. The Hall–Kier alpha value is -1.68. The average molecular weight is 379 g/mol. The largest absolute Gasteiger partial charge is 0.493 e. The molecule has 0 radical (unpaired) electrons. The summed E-state index contributed by atoms with van der Waals surface area (Å²) in [4.78, 5) is 5.71. The van der Waals surface area contributed by atoms with E-state index in [0.717, 1.165) is 42.0 Å². The van der Waals surface area contributed by atoms with E-state index in [-0.39, 0.29) is 11.0 Å². The summed E-state index contributed by atoms with van der Waals surface area (Å²) >= 11 is 6.41. The SMILES string of the molecule is CSc1ccc2c(c1)c(N=NC(N)=S)c(O)n2CN1CCN(C)CC1. The van der Waals surface area contributed by atoms with Gasteiger partial charge in [-0.05, 0) is 43.7 Å². The standard InChI is InChI=1S/C16H22N6OS2/c1-20-5-7-21(8-6-20)10-22-13-4-3-11(25-2)9-12(13)14(15(22)23)18-19-16(17)24/h3-4,9,23H,5-8,10H2,1-2H3,(H2,17,24). The third-order valence-corrected chi connectivity index (χ3v) is 5.21. The van der Waals surface area contributed by atoms with Crippen LogP contribution in [0.15, 0.2) is 33.3 Å². The first-order chi connectivity index (χ1) is 12.0. The van der Waals surface area contributed by atoms with Crippen molar-refractivity contribution >= 4 is 45.7 Å². The third-order valence-electron chi connectivity index (χ3n) is 4.40. The molecule has 0 atom stereocenters. The molecule has 3 N–H and O–H groups in total. The molecule has 0 bridgehead atoms. The Morgan fingerprint density at radius 3 is 2.68 bits per heavy atom. The summed E-state index contributed by atoms with van der Waals surface area (Å²) in [7, 11) is 2.12. The van der Waals surface area contributed by atoms with Crippen molar-refractivity contribution < 1.29 is 5.11 Å². The highest BCUT2D eigenvalue weighted by Gasteiger charge is 2.21. The monoisotopic (exact) mass is 378 g/mol. The van der Waals surface area contributed by atoms with Gasteiger partial charge >= 0.3 is 0 Å². The average Bonchev–Trinajstić information content (AvgIpc) is 2.86. The van der Waals surface area contributed by atoms with Gasteiger partial charge in [0, 0.05) is 36.5 Å². The molecule has 0 saturated carbocycles. The molecule has 3 rings (SSSR count). The Labute approximate surface area is 156 Å². The molecule has 25 heavy (non-hydrogen) atoms. The number of thiocarbonyl (C=S) groups is 1. The topological polar surface area (TPSA) is 82.4 Å². The summed E-state index contributed by atoms with van der Waals surface area (Å²) in [5.41, 5.74) is 6.76. The van der Waals surface area contributed by atoms with Crippen molar-refractivity contribution in [2.45, 2.75) is 11.6 Å². The molecule has 134 valence electrons. The predicted molar refractivity (Wildman–Crippen MR) is 106 cm³/mol. The van der Waals surface area contributed by atoms with Gasteiger partial charge in [-0.25, -0.2) is 0 Å². The van der Waals surface area contributed by atoms with E-state index >= 15 is 0 Å². The minimum absolute atomic E-state index is 0.0552. The van der Waals surface area contributed by atoms with Crippen molar-refractivity contribution in [1.82, 2.24) is 14.4 Å². The van der Waals surface area contributed by atoms with Gasteiger partial charge in [-0.1, -0.05) is 0 Å². The van der Waals surface area contributed by atoms with Crippen LogP contribution < -0.4 is 5.73 Å². The second kappa shape index (κ2) is 7.69. The van der Waals surface area contributed by atoms with Crippen LogP contribution in [0.3, 0.4) is 0 Å². The number of nitrogens with two attached hydrogens (primary N) is 1. The Kier molecular flexibility index (Phi) is 5.57.